The van der Waals surface area contributed by atoms with Crippen LogP contribution < -0.4 is 15.4 Å². The van der Waals surface area contributed by atoms with Crippen LogP contribution in [0.5, 0.6) is 5.75 Å². The van der Waals surface area contributed by atoms with Crippen molar-refractivity contribution in [2.24, 2.45) is 0 Å². The Balaban J connectivity index is 0.00000220. The molecule has 2 rings (SSSR count). The molecule has 5 heteroatoms. The van der Waals surface area contributed by atoms with Gasteiger partial charge in [0.2, 0.25) is 0 Å². The summed E-state index contributed by atoms with van der Waals surface area (Å²) < 4.78 is 5.70. The first-order chi connectivity index (χ1) is 9.70. The van der Waals surface area contributed by atoms with Crippen molar-refractivity contribution < 1.29 is 9.53 Å². The van der Waals surface area contributed by atoms with Gasteiger partial charge in [-0.3, -0.25) is 4.79 Å². The van der Waals surface area contributed by atoms with Crippen LogP contribution >= 0.6 is 12.4 Å². The van der Waals surface area contributed by atoms with E-state index >= 15 is 0 Å². The van der Waals surface area contributed by atoms with Crippen LogP contribution in [0.1, 0.15) is 38.2 Å². The first kappa shape index (κ1) is 17.8. The van der Waals surface area contributed by atoms with Gasteiger partial charge < -0.3 is 15.4 Å². The molecule has 1 aliphatic rings. The lowest BCUT2D eigenvalue weighted by atomic mass is 9.98. The van der Waals surface area contributed by atoms with Crippen LogP contribution in [-0.2, 0) is 4.79 Å². The second-order valence-corrected chi connectivity index (χ2v) is 5.39. The van der Waals surface area contributed by atoms with E-state index in [2.05, 4.69) is 30.5 Å². The van der Waals surface area contributed by atoms with E-state index in [9.17, 15) is 4.79 Å². The second kappa shape index (κ2) is 8.90. The van der Waals surface area contributed by atoms with Crippen molar-refractivity contribution >= 4 is 18.3 Å². The summed E-state index contributed by atoms with van der Waals surface area (Å²) in [5.41, 5.74) is 1.17. The summed E-state index contributed by atoms with van der Waals surface area (Å²) in [4.78, 5) is 11.9. The molecule has 2 unspecified atom stereocenters. The van der Waals surface area contributed by atoms with Gasteiger partial charge in [0, 0.05) is 12.6 Å². The predicted molar refractivity (Wildman–Crippen MR) is 87.3 cm³/mol. The number of carbonyl (C=O) groups excluding carboxylic acids is 1. The number of ether oxygens (including phenoxy) is 1. The molecule has 2 N–H and O–H groups in total. The van der Waals surface area contributed by atoms with E-state index in [0.717, 1.165) is 31.7 Å². The van der Waals surface area contributed by atoms with Gasteiger partial charge >= 0.3 is 0 Å². The molecule has 4 nitrogen and oxygen atoms in total. The predicted octanol–water partition coefficient (Wildman–Crippen LogP) is 2.48. The number of rotatable bonds is 6. The number of para-hydroxylation sites is 1. The molecule has 21 heavy (non-hydrogen) atoms. The zero-order chi connectivity index (χ0) is 14.4. The van der Waals surface area contributed by atoms with E-state index in [1.54, 1.807) is 0 Å². The molecule has 0 radical (unpaired) electrons. The Morgan fingerprint density at radius 3 is 2.90 bits per heavy atom. The first-order valence-electron chi connectivity index (χ1n) is 7.42. The normalized spacial score (nSPS) is 18.7. The van der Waals surface area contributed by atoms with Gasteiger partial charge in [0.05, 0.1) is 0 Å². The standard InChI is InChI=1S/C16H24N2O2.ClH/c1-3-12(2)14-6-4-5-7-15(14)20-11-16(19)18-13-8-9-17-10-13;/h4-7,12-13,17H,3,8-11H2,1-2H3,(H,18,19);1H. The van der Waals surface area contributed by atoms with Crippen molar-refractivity contribution in [2.75, 3.05) is 19.7 Å². The molecule has 2 atom stereocenters. The van der Waals surface area contributed by atoms with Crippen LogP contribution in [0.25, 0.3) is 0 Å². The highest BCUT2D eigenvalue weighted by molar-refractivity contribution is 5.85. The Bertz CT molecular complexity index is 448. The smallest absolute Gasteiger partial charge is 0.258 e. The van der Waals surface area contributed by atoms with E-state index in [1.807, 2.05) is 18.2 Å². The number of halogens is 1. The van der Waals surface area contributed by atoms with Gasteiger partial charge in [0.1, 0.15) is 5.75 Å². The highest BCUT2D eigenvalue weighted by atomic mass is 35.5. The van der Waals surface area contributed by atoms with Crippen molar-refractivity contribution in [1.82, 2.24) is 10.6 Å². The number of amides is 1. The van der Waals surface area contributed by atoms with Crippen molar-refractivity contribution in [3.05, 3.63) is 29.8 Å². The van der Waals surface area contributed by atoms with E-state index in [0.29, 0.717) is 5.92 Å². The van der Waals surface area contributed by atoms with Gasteiger partial charge in [-0.2, -0.15) is 0 Å². The van der Waals surface area contributed by atoms with Gasteiger partial charge in [0.15, 0.2) is 6.61 Å². The Hall–Kier alpha value is -1.26. The minimum absolute atomic E-state index is 0. The quantitative estimate of drug-likeness (QED) is 0.848. The van der Waals surface area contributed by atoms with Crippen LogP contribution in [0, 0.1) is 0 Å². The van der Waals surface area contributed by atoms with Crippen molar-refractivity contribution in [3.63, 3.8) is 0 Å². The molecule has 1 aromatic rings. The molecule has 1 saturated heterocycles. The number of nitrogens with one attached hydrogen (secondary N) is 2. The first-order valence-corrected chi connectivity index (χ1v) is 7.42. The third-order valence-corrected chi connectivity index (χ3v) is 3.85. The molecule has 0 spiro atoms. The minimum Gasteiger partial charge on any atom is -0.483 e. The van der Waals surface area contributed by atoms with E-state index in [1.165, 1.54) is 5.56 Å². The van der Waals surface area contributed by atoms with Gasteiger partial charge in [-0.05, 0) is 36.9 Å². The Labute approximate surface area is 133 Å². The molecular formula is C16H25ClN2O2. The third kappa shape index (κ3) is 5.21. The molecule has 1 fully saturated rings. The fraction of sp³-hybridized carbons (Fsp3) is 0.562. The molecule has 0 bridgehead atoms. The largest absolute Gasteiger partial charge is 0.483 e. The molecule has 1 aromatic carbocycles. The highest BCUT2D eigenvalue weighted by Crippen LogP contribution is 2.28. The molecule has 0 aromatic heterocycles. The Morgan fingerprint density at radius 1 is 1.48 bits per heavy atom. The number of benzene rings is 1. The van der Waals surface area contributed by atoms with Crippen LogP contribution in [0.4, 0.5) is 0 Å². The summed E-state index contributed by atoms with van der Waals surface area (Å²) in [7, 11) is 0. The van der Waals surface area contributed by atoms with E-state index in [4.69, 9.17) is 4.74 Å². The SMILES string of the molecule is CCC(C)c1ccccc1OCC(=O)NC1CCNC1.Cl. The zero-order valence-corrected chi connectivity index (χ0v) is 13.5. The number of hydrogen-bond donors (Lipinski definition) is 2. The molecule has 0 saturated carbocycles. The lowest BCUT2D eigenvalue weighted by Crippen LogP contribution is -2.39. The van der Waals surface area contributed by atoms with Gasteiger partial charge in [-0.25, -0.2) is 0 Å². The molecule has 1 aliphatic heterocycles. The highest BCUT2D eigenvalue weighted by Gasteiger charge is 2.17. The second-order valence-electron chi connectivity index (χ2n) is 5.39. The maximum Gasteiger partial charge on any atom is 0.258 e. The van der Waals surface area contributed by atoms with Crippen molar-refractivity contribution in [3.8, 4) is 5.75 Å². The summed E-state index contributed by atoms with van der Waals surface area (Å²) in [5, 5.41) is 6.21. The average Bonchev–Trinajstić information content (AvgIpc) is 2.97. The third-order valence-electron chi connectivity index (χ3n) is 3.85. The van der Waals surface area contributed by atoms with Gasteiger partial charge in [-0.1, -0.05) is 32.0 Å². The monoisotopic (exact) mass is 312 g/mol. The summed E-state index contributed by atoms with van der Waals surface area (Å²) in [6.45, 7) is 6.25. The Morgan fingerprint density at radius 2 is 2.24 bits per heavy atom. The van der Waals surface area contributed by atoms with Crippen LogP contribution in [0.15, 0.2) is 24.3 Å². The topological polar surface area (TPSA) is 50.4 Å². The summed E-state index contributed by atoms with van der Waals surface area (Å²) in [5.74, 6) is 1.22. The maximum atomic E-state index is 11.9. The zero-order valence-electron chi connectivity index (χ0n) is 12.7. The molecule has 118 valence electrons. The molecule has 1 heterocycles. The molecular weight excluding hydrogens is 288 g/mol. The van der Waals surface area contributed by atoms with Gasteiger partial charge in [-0.15, -0.1) is 12.4 Å². The van der Waals surface area contributed by atoms with E-state index in [-0.39, 0.29) is 31.0 Å². The van der Waals surface area contributed by atoms with Gasteiger partial charge in [0.25, 0.3) is 5.91 Å². The molecule has 1 amide bonds. The fourth-order valence-corrected chi connectivity index (χ4v) is 2.43. The lowest BCUT2D eigenvalue weighted by Gasteiger charge is -2.16. The van der Waals surface area contributed by atoms with Crippen LogP contribution in [-0.4, -0.2) is 31.6 Å². The average molecular weight is 313 g/mol. The Kier molecular flexibility index (Phi) is 7.54. The van der Waals surface area contributed by atoms with Crippen molar-refractivity contribution in [2.45, 2.75) is 38.6 Å². The lowest BCUT2D eigenvalue weighted by molar-refractivity contribution is -0.123. The molecule has 0 aliphatic carbocycles. The summed E-state index contributed by atoms with van der Waals surface area (Å²) >= 11 is 0. The maximum absolute atomic E-state index is 11.9. The summed E-state index contributed by atoms with van der Waals surface area (Å²) in [6, 6.07) is 8.21. The van der Waals surface area contributed by atoms with E-state index < -0.39 is 0 Å². The van der Waals surface area contributed by atoms with Crippen LogP contribution in [0.2, 0.25) is 0 Å². The van der Waals surface area contributed by atoms with Crippen LogP contribution in [0.3, 0.4) is 0 Å². The fourth-order valence-electron chi connectivity index (χ4n) is 2.43. The number of hydrogen-bond acceptors (Lipinski definition) is 3. The number of carbonyl (C=O) groups is 1. The minimum atomic E-state index is -0.0438. The van der Waals surface area contributed by atoms with Crippen molar-refractivity contribution in [1.29, 1.82) is 0 Å². The summed E-state index contributed by atoms with van der Waals surface area (Å²) in [6.07, 6.45) is 2.05.